The van der Waals surface area contributed by atoms with Gasteiger partial charge in [-0.3, -0.25) is 0 Å². The normalized spacial score (nSPS) is 10.7. The lowest BCUT2D eigenvalue weighted by atomic mass is 10.1. The number of hydrogen-bond donors (Lipinski definition) is 2. The minimum atomic E-state index is -0.986. The second kappa shape index (κ2) is 4.94. The average molecular weight is 284 g/mol. The van der Waals surface area contributed by atoms with Crippen LogP contribution in [0.2, 0.25) is 0 Å². The Kier molecular flexibility index (Phi) is 3.12. The van der Waals surface area contributed by atoms with Crippen molar-refractivity contribution in [2.24, 2.45) is 0 Å². The number of carboxylic acids is 1. The summed E-state index contributed by atoms with van der Waals surface area (Å²) in [7, 11) is 0. The van der Waals surface area contributed by atoms with Gasteiger partial charge in [0, 0.05) is 17.3 Å². The first-order valence-corrected chi connectivity index (χ1v) is 6.96. The summed E-state index contributed by atoms with van der Waals surface area (Å²) in [5, 5.41) is 15.2. The third kappa shape index (κ3) is 2.23. The van der Waals surface area contributed by atoms with Gasteiger partial charge in [-0.15, -0.1) is 11.3 Å². The molecule has 0 amide bonds. The van der Waals surface area contributed by atoms with Gasteiger partial charge in [-0.05, 0) is 30.5 Å². The molecular formula is C15H12N2O2S. The number of thiophene rings is 1. The van der Waals surface area contributed by atoms with E-state index in [0.29, 0.717) is 5.69 Å². The van der Waals surface area contributed by atoms with E-state index < -0.39 is 5.97 Å². The first kappa shape index (κ1) is 12.6. The fourth-order valence-electron chi connectivity index (χ4n) is 2.00. The Balaban J connectivity index is 2.12. The predicted octanol–water partition coefficient (Wildman–Crippen LogP) is 4.05. The molecule has 2 aromatic heterocycles. The van der Waals surface area contributed by atoms with Crippen LogP contribution in [0.1, 0.15) is 15.9 Å². The zero-order valence-corrected chi connectivity index (χ0v) is 11.6. The fraction of sp³-hybridized carbons (Fsp3) is 0.0667. The SMILES string of the molecule is Cc1ccc(Nc2c(C(=O)O)cnc3sccc23)cc1. The number of nitrogens with zero attached hydrogens (tertiary/aromatic N) is 1. The van der Waals surface area contributed by atoms with Gasteiger partial charge < -0.3 is 10.4 Å². The maximum atomic E-state index is 11.4. The van der Waals surface area contributed by atoms with Crippen LogP contribution in [0.5, 0.6) is 0 Å². The van der Waals surface area contributed by atoms with E-state index in [1.807, 2.05) is 42.6 Å². The lowest BCUT2D eigenvalue weighted by molar-refractivity contribution is 0.0697. The molecule has 3 aromatic rings. The van der Waals surface area contributed by atoms with Crippen LogP contribution in [-0.4, -0.2) is 16.1 Å². The molecule has 0 aliphatic heterocycles. The van der Waals surface area contributed by atoms with Crippen LogP contribution in [0.3, 0.4) is 0 Å². The van der Waals surface area contributed by atoms with Crippen molar-refractivity contribution < 1.29 is 9.90 Å². The molecular weight excluding hydrogens is 272 g/mol. The summed E-state index contributed by atoms with van der Waals surface area (Å²) in [6, 6.07) is 9.71. The molecule has 0 bridgehead atoms. The average Bonchev–Trinajstić information content (AvgIpc) is 2.90. The number of nitrogens with one attached hydrogen (secondary N) is 1. The zero-order valence-electron chi connectivity index (χ0n) is 10.8. The van der Waals surface area contributed by atoms with Crippen molar-refractivity contribution in [1.29, 1.82) is 0 Å². The Morgan fingerprint density at radius 2 is 2.00 bits per heavy atom. The molecule has 0 aliphatic carbocycles. The number of pyridine rings is 1. The summed E-state index contributed by atoms with van der Waals surface area (Å²) in [5.74, 6) is -0.986. The Morgan fingerprint density at radius 3 is 2.70 bits per heavy atom. The van der Waals surface area contributed by atoms with E-state index in [1.54, 1.807) is 0 Å². The van der Waals surface area contributed by atoms with Gasteiger partial charge in [-0.1, -0.05) is 17.7 Å². The standard InChI is InChI=1S/C15H12N2O2S/c1-9-2-4-10(5-3-9)17-13-11-6-7-20-14(11)16-8-12(13)15(18)19/h2-8H,1H3,(H,16,17)(H,18,19). The van der Waals surface area contributed by atoms with Crippen LogP contribution in [0.15, 0.2) is 41.9 Å². The van der Waals surface area contributed by atoms with Crippen molar-refractivity contribution in [2.75, 3.05) is 5.32 Å². The van der Waals surface area contributed by atoms with E-state index in [1.165, 1.54) is 17.5 Å². The molecule has 0 fully saturated rings. The highest BCUT2D eigenvalue weighted by molar-refractivity contribution is 7.16. The Bertz CT molecular complexity index is 778. The lowest BCUT2D eigenvalue weighted by Gasteiger charge is -2.11. The summed E-state index contributed by atoms with van der Waals surface area (Å²) in [5.41, 5.74) is 2.78. The van der Waals surface area contributed by atoms with Crippen molar-refractivity contribution in [3.05, 3.63) is 53.0 Å². The molecule has 2 heterocycles. The summed E-state index contributed by atoms with van der Waals surface area (Å²) in [4.78, 5) is 16.4. The number of rotatable bonds is 3. The number of anilines is 2. The Morgan fingerprint density at radius 1 is 1.25 bits per heavy atom. The second-order valence-electron chi connectivity index (χ2n) is 4.48. The van der Waals surface area contributed by atoms with Crippen molar-refractivity contribution >= 4 is 38.9 Å². The molecule has 0 unspecified atom stereocenters. The van der Waals surface area contributed by atoms with Gasteiger partial charge in [0.2, 0.25) is 0 Å². The van der Waals surface area contributed by atoms with Gasteiger partial charge >= 0.3 is 5.97 Å². The van der Waals surface area contributed by atoms with Gasteiger partial charge in [-0.25, -0.2) is 9.78 Å². The van der Waals surface area contributed by atoms with E-state index >= 15 is 0 Å². The Hall–Kier alpha value is -2.40. The first-order valence-electron chi connectivity index (χ1n) is 6.08. The largest absolute Gasteiger partial charge is 0.478 e. The lowest BCUT2D eigenvalue weighted by Crippen LogP contribution is -2.04. The van der Waals surface area contributed by atoms with Crippen molar-refractivity contribution in [1.82, 2.24) is 4.98 Å². The van der Waals surface area contributed by atoms with Crippen LogP contribution in [0.25, 0.3) is 10.2 Å². The topological polar surface area (TPSA) is 62.2 Å². The van der Waals surface area contributed by atoms with Gasteiger partial charge in [0.15, 0.2) is 0 Å². The molecule has 100 valence electrons. The smallest absolute Gasteiger partial charge is 0.339 e. The van der Waals surface area contributed by atoms with E-state index in [0.717, 1.165) is 21.5 Å². The molecule has 5 heteroatoms. The van der Waals surface area contributed by atoms with Gasteiger partial charge in [-0.2, -0.15) is 0 Å². The highest BCUT2D eigenvalue weighted by Crippen LogP contribution is 2.31. The molecule has 0 aliphatic rings. The van der Waals surface area contributed by atoms with Crippen LogP contribution < -0.4 is 5.32 Å². The molecule has 20 heavy (non-hydrogen) atoms. The highest BCUT2D eigenvalue weighted by atomic mass is 32.1. The number of carbonyl (C=O) groups is 1. The summed E-state index contributed by atoms with van der Waals surface area (Å²) in [6.07, 6.45) is 1.40. The summed E-state index contributed by atoms with van der Waals surface area (Å²) >= 11 is 1.49. The fourth-order valence-corrected chi connectivity index (χ4v) is 2.75. The minimum absolute atomic E-state index is 0.177. The van der Waals surface area contributed by atoms with E-state index in [4.69, 9.17) is 0 Å². The van der Waals surface area contributed by atoms with Gasteiger partial charge in [0.25, 0.3) is 0 Å². The highest BCUT2D eigenvalue weighted by Gasteiger charge is 2.15. The molecule has 3 rings (SSSR count). The molecule has 0 spiro atoms. The predicted molar refractivity (Wildman–Crippen MR) is 81.0 cm³/mol. The summed E-state index contributed by atoms with van der Waals surface area (Å²) < 4.78 is 0. The van der Waals surface area contributed by atoms with Crippen molar-refractivity contribution in [2.45, 2.75) is 6.92 Å². The number of aryl methyl sites for hydroxylation is 1. The Labute approximate surface area is 119 Å². The van der Waals surface area contributed by atoms with Crippen LogP contribution >= 0.6 is 11.3 Å². The molecule has 0 radical (unpaired) electrons. The number of aromatic carboxylic acids is 1. The zero-order chi connectivity index (χ0) is 14.1. The monoisotopic (exact) mass is 284 g/mol. The van der Waals surface area contributed by atoms with E-state index in [2.05, 4.69) is 10.3 Å². The quantitative estimate of drug-likeness (QED) is 0.761. The number of benzene rings is 1. The maximum Gasteiger partial charge on any atom is 0.339 e. The molecule has 0 saturated carbocycles. The third-order valence-corrected chi connectivity index (χ3v) is 3.87. The van der Waals surface area contributed by atoms with Crippen molar-refractivity contribution in [3.63, 3.8) is 0 Å². The second-order valence-corrected chi connectivity index (χ2v) is 5.38. The van der Waals surface area contributed by atoms with E-state index in [9.17, 15) is 9.90 Å². The minimum Gasteiger partial charge on any atom is -0.478 e. The van der Waals surface area contributed by atoms with Gasteiger partial charge in [0.05, 0.1) is 5.69 Å². The van der Waals surface area contributed by atoms with E-state index in [-0.39, 0.29) is 5.56 Å². The van der Waals surface area contributed by atoms with Crippen LogP contribution in [0.4, 0.5) is 11.4 Å². The molecule has 4 nitrogen and oxygen atoms in total. The van der Waals surface area contributed by atoms with Crippen LogP contribution in [0, 0.1) is 6.92 Å². The van der Waals surface area contributed by atoms with Gasteiger partial charge in [0.1, 0.15) is 10.4 Å². The first-order chi connectivity index (χ1) is 9.65. The molecule has 2 N–H and O–H groups in total. The third-order valence-electron chi connectivity index (χ3n) is 3.05. The van der Waals surface area contributed by atoms with Crippen LogP contribution in [-0.2, 0) is 0 Å². The summed E-state index contributed by atoms with van der Waals surface area (Å²) in [6.45, 7) is 2.01. The number of hydrogen-bond acceptors (Lipinski definition) is 4. The number of carboxylic acid groups (broad SMARTS) is 1. The maximum absolute atomic E-state index is 11.4. The molecule has 0 saturated heterocycles. The molecule has 1 aromatic carbocycles. The number of fused-ring (bicyclic) bond motifs is 1. The molecule has 0 atom stereocenters. The number of aromatic nitrogens is 1. The van der Waals surface area contributed by atoms with Crippen molar-refractivity contribution in [3.8, 4) is 0 Å².